The first-order valence-corrected chi connectivity index (χ1v) is 7.59. The van der Waals surface area contributed by atoms with Gasteiger partial charge >= 0.3 is 0 Å². The summed E-state index contributed by atoms with van der Waals surface area (Å²) in [7, 11) is 1.96. The summed E-state index contributed by atoms with van der Waals surface area (Å²) in [5.74, 6) is 0.474. The lowest BCUT2D eigenvalue weighted by atomic mass is 10.1. The largest absolute Gasteiger partial charge is 0.304 e. The van der Waals surface area contributed by atoms with Crippen molar-refractivity contribution in [1.82, 2.24) is 20.1 Å². The second-order valence-corrected chi connectivity index (χ2v) is 5.99. The molecular formula is C14H22N4S. The highest BCUT2D eigenvalue weighted by molar-refractivity contribution is 7.09. The van der Waals surface area contributed by atoms with Crippen LogP contribution >= 0.6 is 11.3 Å². The summed E-state index contributed by atoms with van der Waals surface area (Å²) in [5.41, 5.74) is 3.45. The molecule has 0 amide bonds. The monoisotopic (exact) mass is 278 g/mol. The zero-order valence-electron chi connectivity index (χ0n) is 12.3. The molecule has 0 aliphatic heterocycles. The van der Waals surface area contributed by atoms with E-state index in [4.69, 9.17) is 4.98 Å². The molecule has 0 aliphatic carbocycles. The first-order chi connectivity index (χ1) is 9.02. The molecule has 0 bridgehead atoms. The Hall–Kier alpha value is -1.20. The van der Waals surface area contributed by atoms with Crippen LogP contribution in [0.5, 0.6) is 0 Å². The van der Waals surface area contributed by atoms with Crippen LogP contribution in [0.15, 0.2) is 11.6 Å². The molecule has 0 aliphatic rings. The van der Waals surface area contributed by atoms with Crippen molar-refractivity contribution < 1.29 is 0 Å². The van der Waals surface area contributed by atoms with Crippen LogP contribution in [0.25, 0.3) is 0 Å². The fourth-order valence-corrected chi connectivity index (χ4v) is 3.21. The van der Waals surface area contributed by atoms with E-state index in [1.54, 1.807) is 11.3 Å². The summed E-state index contributed by atoms with van der Waals surface area (Å²) < 4.78 is 1.87. The van der Waals surface area contributed by atoms with Gasteiger partial charge in [0, 0.05) is 24.2 Å². The molecule has 1 N–H and O–H groups in total. The molecule has 1 unspecified atom stereocenters. The average molecular weight is 278 g/mol. The van der Waals surface area contributed by atoms with Crippen molar-refractivity contribution >= 4 is 11.3 Å². The zero-order valence-corrected chi connectivity index (χ0v) is 13.1. The van der Waals surface area contributed by atoms with E-state index < -0.39 is 0 Å². The summed E-state index contributed by atoms with van der Waals surface area (Å²) in [4.78, 5) is 4.77. The van der Waals surface area contributed by atoms with Crippen molar-refractivity contribution in [1.29, 1.82) is 0 Å². The third-order valence-corrected chi connectivity index (χ3v) is 4.08. The normalized spacial score (nSPS) is 13.2. The van der Waals surface area contributed by atoms with Crippen LogP contribution in [0, 0.1) is 6.92 Å². The lowest BCUT2D eigenvalue weighted by molar-refractivity contribution is 0.620. The highest BCUT2D eigenvalue weighted by Gasteiger charge is 2.21. The number of nitrogens with zero attached hydrogens (tertiary/aromatic N) is 3. The Balaban J connectivity index is 2.36. The number of aryl methyl sites for hydroxylation is 2. The van der Waals surface area contributed by atoms with E-state index in [9.17, 15) is 0 Å². The van der Waals surface area contributed by atoms with E-state index in [1.165, 1.54) is 11.3 Å². The predicted molar refractivity (Wildman–Crippen MR) is 79.7 cm³/mol. The Morgan fingerprint density at radius 1 is 1.42 bits per heavy atom. The lowest BCUT2D eigenvalue weighted by Crippen LogP contribution is -2.22. The Labute approximate surface area is 118 Å². The van der Waals surface area contributed by atoms with Gasteiger partial charge in [-0.3, -0.25) is 4.68 Å². The van der Waals surface area contributed by atoms with Gasteiger partial charge in [0.2, 0.25) is 0 Å². The lowest BCUT2D eigenvalue weighted by Gasteiger charge is -2.14. The molecule has 0 radical (unpaired) electrons. The maximum atomic E-state index is 4.77. The number of aromatic nitrogens is 3. The topological polar surface area (TPSA) is 42.7 Å². The summed E-state index contributed by atoms with van der Waals surface area (Å²) >= 11 is 1.73. The molecule has 0 spiro atoms. The standard InChI is InChI=1S/C14H22N4S/c1-6-15-13(11-7-18(5)17-10(11)4)14-16-12(8-19-14)9(2)3/h7-9,13,15H,6H2,1-5H3. The molecule has 0 saturated carbocycles. The molecular weight excluding hydrogens is 256 g/mol. The van der Waals surface area contributed by atoms with Gasteiger partial charge in [0.25, 0.3) is 0 Å². The van der Waals surface area contributed by atoms with Gasteiger partial charge in [-0.2, -0.15) is 5.10 Å². The number of nitrogens with one attached hydrogen (secondary N) is 1. The molecule has 5 heteroatoms. The summed E-state index contributed by atoms with van der Waals surface area (Å²) in [6.07, 6.45) is 2.08. The molecule has 2 aromatic heterocycles. The SMILES string of the molecule is CCNC(c1nc(C(C)C)cs1)c1cn(C)nc1C. The van der Waals surface area contributed by atoms with E-state index in [0.717, 1.165) is 17.2 Å². The predicted octanol–water partition coefficient (Wildman–Crippen LogP) is 3.01. The molecule has 0 saturated heterocycles. The van der Waals surface area contributed by atoms with Crippen LogP contribution in [-0.2, 0) is 7.05 Å². The third kappa shape index (κ3) is 3.04. The summed E-state index contributed by atoms with van der Waals surface area (Å²) in [5, 5.41) is 11.2. The van der Waals surface area contributed by atoms with Gasteiger partial charge < -0.3 is 5.32 Å². The van der Waals surface area contributed by atoms with Gasteiger partial charge in [0.05, 0.1) is 17.4 Å². The highest BCUT2D eigenvalue weighted by Crippen LogP contribution is 2.28. The Bertz CT molecular complexity index is 541. The molecule has 2 rings (SSSR count). The molecule has 2 heterocycles. The van der Waals surface area contributed by atoms with E-state index >= 15 is 0 Å². The Kier molecular flexibility index (Phi) is 4.37. The van der Waals surface area contributed by atoms with Crippen molar-refractivity contribution in [3.05, 3.63) is 33.5 Å². The second-order valence-electron chi connectivity index (χ2n) is 5.10. The number of hydrogen-bond acceptors (Lipinski definition) is 4. The van der Waals surface area contributed by atoms with Gasteiger partial charge in [-0.05, 0) is 19.4 Å². The van der Waals surface area contributed by atoms with Crippen LogP contribution in [0.1, 0.15) is 54.7 Å². The van der Waals surface area contributed by atoms with E-state index in [-0.39, 0.29) is 6.04 Å². The first kappa shape index (κ1) is 14.2. The first-order valence-electron chi connectivity index (χ1n) is 6.71. The summed E-state index contributed by atoms with van der Waals surface area (Å²) in [6, 6.07) is 0.149. The third-order valence-electron chi connectivity index (χ3n) is 3.15. The molecule has 1 atom stereocenters. The van der Waals surface area contributed by atoms with Crippen LogP contribution in [0.3, 0.4) is 0 Å². The van der Waals surface area contributed by atoms with Crippen LogP contribution in [0.4, 0.5) is 0 Å². The minimum absolute atomic E-state index is 0.149. The van der Waals surface area contributed by atoms with Crippen molar-refractivity contribution in [2.45, 2.75) is 39.7 Å². The molecule has 2 aromatic rings. The van der Waals surface area contributed by atoms with Gasteiger partial charge in [0.15, 0.2) is 0 Å². The molecule has 19 heavy (non-hydrogen) atoms. The van der Waals surface area contributed by atoms with E-state index in [1.807, 2.05) is 11.7 Å². The Morgan fingerprint density at radius 3 is 2.63 bits per heavy atom. The maximum Gasteiger partial charge on any atom is 0.115 e. The van der Waals surface area contributed by atoms with Crippen LogP contribution in [-0.4, -0.2) is 21.3 Å². The maximum absolute atomic E-state index is 4.77. The molecule has 0 aromatic carbocycles. The fraction of sp³-hybridized carbons (Fsp3) is 0.571. The summed E-state index contributed by atoms with van der Waals surface area (Å²) in [6.45, 7) is 9.44. The van der Waals surface area contributed by atoms with Crippen LogP contribution in [0.2, 0.25) is 0 Å². The smallest absolute Gasteiger partial charge is 0.115 e. The van der Waals surface area contributed by atoms with E-state index in [2.05, 4.69) is 49.7 Å². The minimum Gasteiger partial charge on any atom is -0.304 e. The van der Waals surface area contributed by atoms with Gasteiger partial charge in [-0.25, -0.2) is 4.98 Å². The van der Waals surface area contributed by atoms with Crippen molar-refractivity contribution in [2.24, 2.45) is 7.05 Å². The van der Waals surface area contributed by atoms with Gasteiger partial charge in [0.1, 0.15) is 5.01 Å². The second kappa shape index (κ2) is 5.84. The average Bonchev–Trinajstić information content (AvgIpc) is 2.93. The zero-order chi connectivity index (χ0) is 14.0. The fourth-order valence-electron chi connectivity index (χ4n) is 2.13. The minimum atomic E-state index is 0.149. The highest BCUT2D eigenvalue weighted by atomic mass is 32.1. The molecule has 4 nitrogen and oxygen atoms in total. The van der Waals surface area contributed by atoms with Crippen LogP contribution < -0.4 is 5.32 Å². The Morgan fingerprint density at radius 2 is 2.16 bits per heavy atom. The number of rotatable bonds is 5. The van der Waals surface area contributed by atoms with Crippen molar-refractivity contribution in [3.63, 3.8) is 0 Å². The quantitative estimate of drug-likeness (QED) is 0.914. The van der Waals surface area contributed by atoms with Gasteiger partial charge in [-0.15, -0.1) is 11.3 Å². The van der Waals surface area contributed by atoms with Crippen molar-refractivity contribution in [3.8, 4) is 0 Å². The van der Waals surface area contributed by atoms with Gasteiger partial charge in [-0.1, -0.05) is 20.8 Å². The van der Waals surface area contributed by atoms with E-state index in [0.29, 0.717) is 5.92 Å². The number of hydrogen-bond donors (Lipinski definition) is 1. The molecule has 0 fully saturated rings. The molecule has 104 valence electrons. The van der Waals surface area contributed by atoms with Crippen molar-refractivity contribution in [2.75, 3.05) is 6.54 Å². The number of thiazole rings is 1.